The fourth-order valence-corrected chi connectivity index (χ4v) is 3.72. The normalized spacial score (nSPS) is 23.2. The van der Waals surface area contributed by atoms with Crippen molar-refractivity contribution in [3.05, 3.63) is 36.4 Å². The highest BCUT2D eigenvalue weighted by atomic mass is 16.2. The second kappa shape index (κ2) is 6.70. The van der Waals surface area contributed by atoms with Gasteiger partial charge in [-0.1, -0.05) is 12.2 Å². The van der Waals surface area contributed by atoms with Gasteiger partial charge in [0.25, 0.3) is 0 Å². The van der Waals surface area contributed by atoms with Crippen molar-refractivity contribution in [2.45, 2.75) is 12.8 Å². The van der Waals surface area contributed by atoms with Crippen molar-refractivity contribution in [1.29, 1.82) is 0 Å². The van der Waals surface area contributed by atoms with Crippen LogP contribution in [0.3, 0.4) is 0 Å². The maximum atomic E-state index is 12.1. The minimum Gasteiger partial charge on any atom is -0.348 e. The number of allylic oxidation sites excluding steroid dienone is 2. The van der Waals surface area contributed by atoms with E-state index in [0.717, 1.165) is 12.0 Å². The van der Waals surface area contributed by atoms with Crippen LogP contribution in [0.25, 0.3) is 11.4 Å². The number of carbonyl (C=O) groups is 2. The Morgan fingerprint density at radius 3 is 2.58 bits per heavy atom. The van der Waals surface area contributed by atoms with E-state index in [2.05, 4.69) is 38.2 Å². The zero-order valence-electron chi connectivity index (χ0n) is 14.4. The van der Waals surface area contributed by atoms with E-state index in [4.69, 9.17) is 0 Å². The molecule has 2 aliphatic rings. The Bertz CT molecular complexity index is 857. The summed E-state index contributed by atoms with van der Waals surface area (Å²) in [5.74, 6) is 0.887. The molecule has 2 aromatic rings. The molecule has 0 radical (unpaired) electrons. The molecule has 0 spiro atoms. The molecular formula is C18H20N6O2. The first-order valence-corrected chi connectivity index (χ1v) is 8.70. The van der Waals surface area contributed by atoms with Crippen molar-refractivity contribution in [2.75, 3.05) is 11.9 Å². The quantitative estimate of drug-likeness (QED) is 0.635. The van der Waals surface area contributed by atoms with Crippen LogP contribution >= 0.6 is 0 Å². The van der Waals surface area contributed by atoms with Crippen LogP contribution in [0.4, 0.5) is 5.69 Å². The number of amides is 2. The number of nitrogens with zero attached hydrogens (tertiary/aromatic N) is 4. The van der Waals surface area contributed by atoms with Crippen molar-refractivity contribution in [1.82, 2.24) is 25.5 Å². The molecule has 1 aromatic heterocycles. The maximum Gasteiger partial charge on any atom is 0.313 e. The zero-order chi connectivity index (χ0) is 18.1. The van der Waals surface area contributed by atoms with Gasteiger partial charge in [-0.3, -0.25) is 9.59 Å². The molecule has 134 valence electrons. The second-order valence-corrected chi connectivity index (χ2v) is 6.88. The molecule has 8 heteroatoms. The van der Waals surface area contributed by atoms with Crippen LogP contribution in [-0.2, 0) is 16.6 Å². The number of hydrogen-bond acceptors (Lipinski definition) is 5. The van der Waals surface area contributed by atoms with Crippen LogP contribution in [0.15, 0.2) is 36.4 Å². The molecule has 2 aliphatic carbocycles. The summed E-state index contributed by atoms with van der Waals surface area (Å²) in [5, 5.41) is 17.2. The summed E-state index contributed by atoms with van der Waals surface area (Å²) in [4.78, 5) is 25.5. The number of nitrogens with one attached hydrogen (secondary N) is 2. The third-order valence-corrected chi connectivity index (χ3v) is 5.06. The van der Waals surface area contributed by atoms with Gasteiger partial charge in [-0.25, -0.2) is 0 Å². The standard InChI is InChI=1S/C18H20N6O2/c1-24-22-16(21-23-24)12-4-6-15(7-5-12)20-18(26)17(25)19-10-14-9-11-2-3-13(14)8-11/h2-7,11,13-14H,8-10H2,1H3,(H,19,25)(H,20,26)/t11-,13+,14-/m1/s1. The first kappa shape index (κ1) is 16.4. The van der Waals surface area contributed by atoms with Gasteiger partial charge in [-0.2, -0.15) is 4.80 Å². The van der Waals surface area contributed by atoms with Crippen LogP contribution < -0.4 is 10.6 Å². The van der Waals surface area contributed by atoms with Crippen molar-refractivity contribution >= 4 is 17.5 Å². The van der Waals surface area contributed by atoms with Crippen LogP contribution in [0.5, 0.6) is 0 Å². The molecule has 0 aliphatic heterocycles. The largest absolute Gasteiger partial charge is 0.348 e. The van der Waals surface area contributed by atoms with Crippen LogP contribution in [-0.4, -0.2) is 38.6 Å². The van der Waals surface area contributed by atoms with Gasteiger partial charge in [0, 0.05) is 17.8 Å². The Balaban J connectivity index is 1.29. The first-order chi connectivity index (χ1) is 12.6. The Labute approximate surface area is 150 Å². The van der Waals surface area contributed by atoms with E-state index in [1.165, 1.54) is 11.2 Å². The van der Waals surface area contributed by atoms with E-state index >= 15 is 0 Å². The number of carbonyl (C=O) groups excluding carboxylic acids is 2. The summed E-state index contributed by atoms with van der Waals surface area (Å²) in [6, 6.07) is 6.95. The third kappa shape index (κ3) is 3.35. The highest BCUT2D eigenvalue weighted by Gasteiger charge is 2.35. The fourth-order valence-electron chi connectivity index (χ4n) is 3.72. The topological polar surface area (TPSA) is 102 Å². The minimum atomic E-state index is -0.658. The highest BCUT2D eigenvalue weighted by molar-refractivity contribution is 6.39. The SMILES string of the molecule is Cn1nnc(-c2ccc(NC(=O)C(=O)NC[C@H]3C[C@@H]4C=C[C@H]3C4)cc2)n1. The van der Waals surface area contributed by atoms with Crippen LogP contribution in [0.1, 0.15) is 12.8 Å². The summed E-state index contributed by atoms with van der Waals surface area (Å²) in [5.41, 5.74) is 1.32. The molecule has 1 heterocycles. The molecule has 2 bridgehead atoms. The Morgan fingerprint density at radius 1 is 1.15 bits per heavy atom. The number of aryl methyl sites for hydroxylation is 1. The number of benzene rings is 1. The maximum absolute atomic E-state index is 12.1. The van der Waals surface area contributed by atoms with Gasteiger partial charge in [0.1, 0.15) is 0 Å². The van der Waals surface area contributed by atoms with E-state index in [9.17, 15) is 9.59 Å². The average molecular weight is 352 g/mol. The summed E-state index contributed by atoms with van der Waals surface area (Å²) in [6.07, 6.45) is 6.77. The summed E-state index contributed by atoms with van der Waals surface area (Å²) in [6.45, 7) is 0.551. The van der Waals surface area contributed by atoms with Gasteiger partial charge >= 0.3 is 11.8 Å². The van der Waals surface area contributed by atoms with Crippen molar-refractivity contribution < 1.29 is 9.59 Å². The van der Waals surface area contributed by atoms with E-state index in [1.54, 1.807) is 31.3 Å². The number of rotatable bonds is 4. The molecule has 1 fully saturated rings. The Morgan fingerprint density at radius 2 is 1.96 bits per heavy atom. The smallest absolute Gasteiger partial charge is 0.313 e. The predicted molar refractivity (Wildman–Crippen MR) is 94.7 cm³/mol. The molecule has 1 aromatic carbocycles. The van der Waals surface area contributed by atoms with Gasteiger partial charge in [-0.15, -0.1) is 10.2 Å². The monoisotopic (exact) mass is 352 g/mol. The Hall–Kier alpha value is -3.03. The van der Waals surface area contributed by atoms with Crippen molar-refractivity contribution in [3.8, 4) is 11.4 Å². The van der Waals surface area contributed by atoms with Crippen molar-refractivity contribution in [3.63, 3.8) is 0 Å². The van der Waals surface area contributed by atoms with Crippen LogP contribution in [0.2, 0.25) is 0 Å². The number of anilines is 1. The van der Waals surface area contributed by atoms with Gasteiger partial charge in [-0.05, 0) is 60.1 Å². The molecular weight excluding hydrogens is 332 g/mol. The van der Waals surface area contributed by atoms with E-state index in [0.29, 0.717) is 35.8 Å². The molecule has 4 rings (SSSR count). The summed E-state index contributed by atoms with van der Waals surface area (Å²) in [7, 11) is 1.69. The first-order valence-electron chi connectivity index (χ1n) is 8.70. The van der Waals surface area contributed by atoms with Crippen LogP contribution in [0, 0.1) is 17.8 Å². The number of fused-ring (bicyclic) bond motifs is 2. The van der Waals surface area contributed by atoms with Crippen molar-refractivity contribution in [2.24, 2.45) is 24.8 Å². The molecule has 26 heavy (non-hydrogen) atoms. The Kier molecular flexibility index (Phi) is 4.24. The van der Waals surface area contributed by atoms with Gasteiger partial charge in [0.05, 0.1) is 7.05 Å². The lowest BCUT2D eigenvalue weighted by atomic mass is 9.94. The number of hydrogen-bond donors (Lipinski definition) is 2. The second-order valence-electron chi connectivity index (χ2n) is 6.88. The van der Waals surface area contributed by atoms with E-state index in [1.807, 2.05) is 0 Å². The van der Waals surface area contributed by atoms with E-state index < -0.39 is 11.8 Å². The molecule has 3 atom stereocenters. The lowest BCUT2D eigenvalue weighted by Crippen LogP contribution is -2.38. The lowest BCUT2D eigenvalue weighted by Gasteiger charge is -2.18. The zero-order valence-corrected chi connectivity index (χ0v) is 14.4. The predicted octanol–water partition coefficient (Wildman–Crippen LogP) is 1.14. The molecule has 8 nitrogen and oxygen atoms in total. The molecule has 2 amide bonds. The highest BCUT2D eigenvalue weighted by Crippen LogP contribution is 2.42. The number of tetrazole rings is 1. The molecule has 1 saturated carbocycles. The van der Waals surface area contributed by atoms with Gasteiger partial charge in [0.2, 0.25) is 5.82 Å². The molecule has 0 unspecified atom stereocenters. The molecule has 2 N–H and O–H groups in total. The van der Waals surface area contributed by atoms with Gasteiger partial charge in [0.15, 0.2) is 0 Å². The minimum absolute atomic E-state index is 0.445. The average Bonchev–Trinajstić information content (AvgIpc) is 3.37. The van der Waals surface area contributed by atoms with Gasteiger partial charge < -0.3 is 10.6 Å². The number of aromatic nitrogens is 4. The summed E-state index contributed by atoms with van der Waals surface area (Å²) >= 11 is 0. The van der Waals surface area contributed by atoms with E-state index in [-0.39, 0.29) is 0 Å². The lowest BCUT2D eigenvalue weighted by molar-refractivity contribution is -0.136. The fraction of sp³-hybridized carbons (Fsp3) is 0.389. The third-order valence-electron chi connectivity index (χ3n) is 5.06. The molecule has 0 saturated heterocycles. The summed E-state index contributed by atoms with van der Waals surface area (Å²) < 4.78 is 0.